The van der Waals surface area contributed by atoms with Gasteiger partial charge in [-0.25, -0.2) is 0 Å². The molecular formula is C21H21ClN4O3. The molecule has 0 radical (unpaired) electrons. The highest BCUT2D eigenvalue weighted by Gasteiger charge is 2.27. The smallest absolute Gasteiger partial charge is 0.324 e. The molecule has 1 aromatic heterocycles. The highest BCUT2D eigenvalue weighted by molar-refractivity contribution is 6.30. The molecule has 0 saturated carbocycles. The Kier molecular flexibility index (Phi) is 5.67. The second kappa shape index (κ2) is 8.53. The molecule has 2 heterocycles. The van der Waals surface area contributed by atoms with Crippen molar-refractivity contribution in [2.75, 3.05) is 30.4 Å². The Hall–Kier alpha value is -3.06. The zero-order valence-electron chi connectivity index (χ0n) is 16.0. The van der Waals surface area contributed by atoms with E-state index in [-0.39, 0.29) is 11.8 Å². The number of nitrogens with zero attached hydrogens (tertiary/aromatic N) is 3. The lowest BCUT2D eigenvalue weighted by Crippen LogP contribution is -2.38. The van der Waals surface area contributed by atoms with Crippen molar-refractivity contribution < 1.29 is 14.1 Å². The Bertz CT molecular complexity index is 964. The predicted molar refractivity (Wildman–Crippen MR) is 111 cm³/mol. The molecule has 1 N–H and O–H groups in total. The van der Waals surface area contributed by atoms with Crippen molar-refractivity contribution in [3.63, 3.8) is 0 Å². The first kappa shape index (κ1) is 19.3. The molecule has 150 valence electrons. The molecule has 1 saturated heterocycles. The molecule has 0 bridgehead atoms. The Morgan fingerprint density at radius 2 is 1.83 bits per heavy atom. The molecule has 1 amide bonds. The van der Waals surface area contributed by atoms with Crippen LogP contribution in [0.5, 0.6) is 5.75 Å². The summed E-state index contributed by atoms with van der Waals surface area (Å²) in [6, 6.07) is 15.1. The first-order valence-electron chi connectivity index (χ1n) is 9.42. The number of hydrogen-bond donors (Lipinski definition) is 1. The topological polar surface area (TPSA) is 80.5 Å². The van der Waals surface area contributed by atoms with Gasteiger partial charge in [-0.1, -0.05) is 16.8 Å². The Balaban J connectivity index is 1.34. The molecule has 0 unspecified atom stereocenters. The fourth-order valence-corrected chi connectivity index (χ4v) is 3.44. The number of carbonyl (C=O) groups excluding carboxylic acids is 1. The zero-order chi connectivity index (χ0) is 20.2. The number of aromatic nitrogens is 2. The van der Waals surface area contributed by atoms with E-state index >= 15 is 0 Å². The van der Waals surface area contributed by atoms with Gasteiger partial charge >= 0.3 is 6.01 Å². The third-order valence-electron chi connectivity index (χ3n) is 5.01. The number of benzene rings is 2. The highest BCUT2D eigenvalue weighted by atomic mass is 35.5. The maximum absolute atomic E-state index is 12.5. The largest absolute Gasteiger partial charge is 0.497 e. The van der Waals surface area contributed by atoms with Crippen LogP contribution in [0, 0.1) is 5.92 Å². The lowest BCUT2D eigenvalue weighted by molar-refractivity contribution is -0.120. The number of amides is 1. The van der Waals surface area contributed by atoms with Crippen LogP contribution in [0.25, 0.3) is 11.4 Å². The average Bonchev–Trinajstić information content (AvgIpc) is 3.26. The molecule has 29 heavy (non-hydrogen) atoms. The maximum Gasteiger partial charge on any atom is 0.324 e. The summed E-state index contributed by atoms with van der Waals surface area (Å²) in [4.78, 5) is 19.0. The molecule has 7 nitrogen and oxygen atoms in total. The molecule has 4 rings (SSSR count). The van der Waals surface area contributed by atoms with Crippen molar-refractivity contribution in [1.29, 1.82) is 0 Å². The number of hydrogen-bond acceptors (Lipinski definition) is 6. The molecule has 8 heteroatoms. The van der Waals surface area contributed by atoms with Gasteiger partial charge in [0, 0.05) is 35.3 Å². The van der Waals surface area contributed by atoms with Crippen molar-refractivity contribution in [3.05, 3.63) is 53.6 Å². The molecular weight excluding hydrogens is 392 g/mol. The van der Waals surface area contributed by atoms with Crippen molar-refractivity contribution in [2.45, 2.75) is 12.8 Å². The zero-order valence-corrected chi connectivity index (χ0v) is 16.7. The summed E-state index contributed by atoms with van der Waals surface area (Å²) in [6.45, 7) is 1.37. The van der Waals surface area contributed by atoms with Gasteiger partial charge in [-0.2, -0.15) is 4.98 Å². The van der Waals surface area contributed by atoms with Crippen LogP contribution in [0.3, 0.4) is 0 Å². The van der Waals surface area contributed by atoms with E-state index in [1.807, 2.05) is 29.2 Å². The van der Waals surface area contributed by atoms with E-state index in [1.165, 1.54) is 0 Å². The summed E-state index contributed by atoms with van der Waals surface area (Å²) in [7, 11) is 1.63. The van der Waals surface area contributed by atoms with Gasteiger partial charge in [0.05, 0.1) is 7.11 Å². The van der Waals surface area contributed by atoms with Gasteiger partial charge in [-0.3, -0.25) is 4.79 Å². The second-order valence-electron chi connectivity index (χ2n) is 6.89. The molecule has 0 atom stereocenters. The van der Waals surface area contributed by atoms with Crippen LogP contribution in [-0.2, 0) is 4.79 Å². The summed E-state index contributed by atoms with van der Waals surface area (Å²) in [6.07, 6.45) is 1.44. The number of nitrogens with one attached hydrogen (secondary N) is 1. The summed E-state index contributed by atoms with van der Waals surface area (Å²) >= 11 is 5.88. The summed E-state index contributed by atoms with van der Waals surface area (Å²) in [5.74, 6) is 1.28. The SMILES string of the molecule is COc1ccc(-c2noc(N3CCC(C(=O)Nc4ccc(Cl)cc4)CC3)n2)cc1. The lowest BCUT2D eigenvalue weighted by Gasteiger charge is -2.29. The first-order chi connectivity index (χ1) is 14.1. The minimum atomic E-state index is -0.0501. The van der Waals surface area contributed by atoms with Crippen molar-refractivity contribution in [3.8, 4) is 17.1 Å². The maximum atomic E-state index is 12.5. The number of methoxy groups -OCH3 is 1. The second-order valence-corrected chi connectivity index (χ2v) is 7.32. The molecule has 1 fully saturated rings. The molecule has 0 spiro atoms. The van der Waals surface area contributed by atoms with Crippen LogP contribution < -0.4 is 15.0 Å². The van der Waals surface area contributed by atoms with Gasteiger partial charge in [0.25, 0.3) is 0 Å². The van der Waals surface area contributed by atoms with Crippen LogP contribution in [0.15, 0.2) is 53.1 Å². The van der Waals surface area contributed by atoms with E-state index in [0.29, 0.717) is 30.0 Å². The first-order valence-corrected chi connectivity index (χ1v) is 9.79. The molecule has 1 aliphatic heterocycles. The van der Waals surface area contributed by atoms with E-state index in [0.717, 1.165) is 29.8 Å². The fourth-order valence-electron chi connectivity index (χ4n) is 3.31. The Morgan fingerprint density at radius 1 is 1.14 bits per heavy atom. The molecule has 3 aromatic rings. The van der Waals surface area contributed by atoms with E-state index in [1.54, 1.807) is 31.4 Å². The van der Waals surface area contributed by atoms with Crippen LogP contribution in [0.4, 0.5) is 11.7 Å². The Morgan fingerprint density at radius 3 is 2.48 bits per heavy atom. The quantitative estimate of drug-likeness (QED) is 0.674. The van der Waals surface area contributed by atoms with Crippen molar-refractivity contribution in [1.82, 2.24) is 10.1 Å². The van der Waals surface area contributed by atoms with Gasteiger partial charge in [0.1, 0.15) is 5.75 Å². The molecule has 1 aliphatic rings. The Labute approximate surface area is 173 Å². The average molecular weight is 413 g/mol. The number of ether oxygens (including phenoxy) is 1. The summed E-state index contributed by atoms with van der Waals surface area (Å²) in [5.41, 5.74) is 1.61. The van der Waals surface area contributed by atoms with E-state index in [2.05, 4.69) is 15.5 Å². The summed E-state index contributed by atoms with van der Waals surface area (Å²) in [5, 5.41) is 7.67. The third-order valence-corrected chi connectivity index (χ3v) is 5.26. The molecule has 0 aliphatic carbocycles. The molecule has 2 aromatic carbocycles. The van der Waals surface area contributed by atoms with Crippen LogP contribution >= 0.6 is 11.6 Å². The number of halogens is 1. The van der Waals surface area contributed by atoms with Gasteiger partial charge < -0.3 is 19.5 Å². The van der Waals surface area contributed by atoms with Gasteiger partial charge in [0.2, 0.25) is 11.7 Å². The van der Waals surface area contributed by atoms with Gasteiger partial charge in [-0.15, -0.1) is 0 Å². The van der Waals surface area contributed by atoms with Gasteiger partial charge in [0.15, 0.2) is 0 Å². The van der Waals surface area contributed by atoms with Crippen LogP contribution in [0.1, 0.15) is 12.8 Å². The normalized spacial score (nSPS) is 14.6. The van der Waals surface area contributed by atoms with Crippen LogP contribution in [0.2, 0.25) is 5.02 Å². The minimum absolute atomic E-state index is 0.0245. The van der Waals surface area contributed by atoms with Crippen molar-refractivity contribution >= 4 is 29.2 Å². The minimum Gasteiger partial charge on any atom is -0.497 e. The van der Waals surface area contributed by atoms with Crippen molar-refractivity contribution in [2.24, 2.45) is 5.92 Å². The highest BCUT2D eigenvalue weighted by Crippen LogP contribution is 2.26. The number of anilines is 2. The number of carbonyl (C=O) groups is 1. The number of rotatable bonds is 5. The monoisotopic (exact) mass is 412 g/mol. The third kappa shape index (κ3) is 4.51. The van der Waals surface area contributed by atoms with Gasteiger partial charge in [-0.05, 0) is 61.4 Å². The van der Waals surface area contributed by atoms with E-state index in [9.17, 15) is 4.79 Å². The number of piperidine rings is 1. The summed E-state index contributed by atoms with van der Waals surface area (Å²) < 4.78 is 10.6. The van der Waals surface area contributed by atoms with Crippen LogP contribution in [-0.4, -0.2) is 36.2 Å². The lowest BCUT2D eigenvalue weighted by atomic mass is 9.96. The van der Waals surface area contributed by atoms with E-state index in [4.69, 9.17) is 20.9 Å². The standard InChI is InChI=1S/C21H21ClN4O3/c1-28-18-8-2-14(3-9-18)19-24-21(29-25-19)26-12-10-15(11-13-26)20(27)23-17-6-4-16(22)5-7-17/h2-9,15H,10-13H2,1H3,(H,23,27). The predicted octanol–water partition coefficient (Wildman–Crippen LogP) is 4.25. The van der Waals surface area contributed by atoms with E-state index < -0.39 is 0 Å². The fraction of sp³-hybridized carbons (Fsp3) is 0.286.